The summed E-state index contributed by atoms with van der Waals surface area (Å²) >= 11 is 1.45. The number of nitrogens with zero attached hydrogens (tertiary/aromatic N) is 3. The van der Waals surface area contributed by atoms with Gasteiger partial charge in [-0.25, -0.2) is 18.1 Å². The lowest BCUT2D eigenvalue weighted by Crippen LogP contribution is -2.20. The quantitative estimate of drug-likeness (QED) is 0.345. The molecule has 0 aliphatic heterocycles. The zero-order valence-electron chi connectivity index (χ0n) is 17.2. The van der Waals surface area contributed by atoms with Crippen molar-refractivity contribution in [3.63, 3.8) is 0 Å². The molecule has 0 spiro atoms. The molecule has 0 amide bonds. The van der Waals surface area contributed by atoms with Crippen LogP contribution in [0, 0.1) is 0 Å². The Morgan fingerprint density at radius 1 is 1.00 bits per heavy atom. The second kappa shape index (κ2) is 10.2. The number of thioether (sulfide) groups is 1. The van der Waals surface area contributed by atoms with Crippen molar-refractivity contribution < 1.29 is 17.9 Å². The summed E-state index contributed by atoms with van der Waals surface area (Å²) in [4.78, 5) is 4.96. The van der Waals surface area contributed by atoms with Gasteiger partial charge in [0.2, 0.25) is 5.16 Å². The predicted molar refractivity (Wildman–Crippen MR) is 118 cm³/mol. The Hall–Kier alpha value is -2.20. The fraction of sp³-hybridized carbons (Fsp3) is 0.333. The summed E-state index contributed by atoms with van der Waals surface area (Å²) in [6.45, 7) is 4.98. The minimum absolute atomic E-state index is 0.267. The average molecular weight is 448 g/mol. The summed E-state index contributed by atoms with van der Waals surface area (Å²) < 4.78 is 36.5. The van der Waals surface area contributed by atoms with Crippen LogP contribution in [0.3, 0.4) is 0 Å². The first-order valence-electron chi connectivity index (χ1n) is 9.61. The molecule has 1 aromatic heterocycles. The third-order valence-corrected chi connectivity index (χ3v) is 6.18. The zero-order valence-corrected chi connectivity index (χ0v) is 18.8. The first kappa shape index (κ1) is 22.5. The van der Waals surface area contributed by atoms with Gasteiger partial charge in [0.1, 0.15) is 0 Å². The van der Waals surface area contributed by atoms with E-state index in [0.29, 0.717) is 29.9 Å². The molecule has 0 fully saturated rings. The number of ether oxygens (including phenoxy) is 2. The molecular formula is C21H25N3O4S2. The van der Waals surface area contributed by atoms with E-state index in [9.17, 15) is 8.42 Å². The fourth-order valence-electron chi connectivity index (χ4n) is 2.80. The molecule has 9 heteroatoms. The largest absolute Gasteiger partial charge is 0.352 e. The Balaban J connectivity index is 1.93. The maximum absolute atomic E-state index is 11.8. The van der Waals surface area contributed by atoms with Crippen LogP contribution in [-0.2, 0) is 19.3 Å². The van der Waals surface area contributed by atoms with E-state index in [2.05, 4.69) is 5.10 Å². The van der Waals surface area contributed by atoms with Gasteiger partial charge >= 0.3 is 0 Å². The normalized spacial score (nSPS) is 11.9. The Morgan fingerprint density at radius 3 is 2.20 bits per heavy atom. The molecule has 0 saturated heterocycles. The number of rotatable bonds is 10. The van der Waals surface area contributed by atoms with Crippen LogP contribution in [0.1, 0.15) is 13.8 Å². The molecule has 0 saturated carbocycles. The van der Waals surface area contributed by atoms with Gasteiger partial charge in [0, 0.05) is 25.0 Å². The van der Waals surface area contributed by atoms with Crippen LogP contribution in [0.2, 0.25) is 0 Å². The second-order valence-corrected chi connectivity index (χ2v) is 9.42. The highest BCUT2D eigenvalue weighted by atomic mass is 32.2. The van der Waals surface area contributed by atoms with Gasteiger partial charge in [-0.1, -0.05) is 30.0 Å². The van der Waals surface area contributed by atoms with Crippen molar-refractivity contribution in [2.24, 2.45) is 0 Å². The number of benzene rings is 2. The highest BCUT2D eigenvalue weighted by molar-refractivity contribution is 7.99. The van der Waals surface area contributed by atoms with E-state index in [0.717, 1.165) is 11.3 Å². The summed E-state index contributed by atoms with van der Waals surface area (Å²) in [5, 5.41) is 5.25. The van der Waals surface area contributed by atoms with Crippen molar-refractivity contribution in [2.75, 3.05) is 25.2 Å². The van der Waals surface area contributed by atoms with Crippen molar-refractivity contribution in [1.29, 1.82) is 0 Å². The maximum atomic E-state index is 11.8. The highest BCUT2D eigenvalue weighted by Crippen LogP contribution is 2.26. The number of para-hydroxylation sites is 1. The van der Waals surface area contributed by atoms with Crippen LogP contribution in [0.15, 0.2) is 64.6 Å². The van der Waals surface area contributed by atoms with E-state index in [4.69, 9.17) is 14.5 Å². The Labute approximate surface area is 181 Å². The molecule has 1 heterocycles. The maximum Gasteiger partial charge on any atom is 0.209 e. The lowest BCUT2D eigenvalue weighted by Gasteiger charge is -2.15. The molecule has 0 bridgehead atoms. The molecule has 160 valence electrons. The van der Waals surface area contributed by atoms with Crippen molar-refractivity contribution in [2.45, 2.75) is 30.2 Å². The van der Waals surface area contributed by atoms with Crippen LogP contribution in [0.4, 0.5) is 0 Å². The van der Waals surface area contributed by atoms with Gasteiger partial charge in [0.25, 0.3) is 0 Å². The smallest absolute Gasteiger partial charge is 0.209 e. The molecule has 2 aromatic carbocycles. The van der Waals surface area contributed by atoms with Gasteiger partial charge in [-0.05, 0) is 50.2 Å². The van der Waals surface area contributed by atoms with Crippen LogP contribution in [0.5, 0.6) is 0 Å². The summed E-state index contributed by atoms with van der Waals surface area (Å²) in [7, 11) is -3.26. The molecule has 0 N–H and O–H groups in total. The molecular weight excluding hydrogens is 422 g/mol. The van der Waals surface area contributed by atoms with E-state index in [1.807, 2.05) is 44.2 Å². The molecule has 3 rings (SSSR count). The first-order valence-corrected chi connectivity index (χ1v) is 12.5. The Kier molecular flexibility index (Phi) is 7.65. The number of sulfone groups is 1. The van der Waals surface area contributed by atoms with E-state index < -0.39 is 9.84 Å². The first-order chi connectivity index (χ1) is 14.4. The lowest BCUT2D eigenvalue weighted by atomic mass is 10.2. The molecule has 0 radical (unpaired) electrons. The van der Waals surface area contributed by atoms with E-state index >= 15 is 0 Å². The lowest BCUT2D eigenvalue weighted by molar-refractivity contribution is -0.120. The van der Waals surface area contributed by atoms with Crippen molar-refractivity contribution in [3.05, 3.63) is 54.6 Å². The monoisotopic (exact) mass is 447 g/mol. The zero-order chi connectivity index (χ0) is 21.6. The van der Waals surface area contributed by atoms with E-state index in [1.165, 1.54) is 18.0 Å². The summed E-state index contributed by atoms with van der Waals surface area (Å²) in [5.41, 5.74) is 1.64. The van der Waals surface area contributed by atoms with Gasteiger partial charge in [0.05, 0.1) is 16.3 Å². The predicted octanol–water partition coefficient (Wildman–Crippen LogP) is 3.83. The molecule has 30 heavy (non-hydrogen) atoms. The minimum atomic E-state index is -3.26. The third kappa shape index (κ3) is 5.69. The molecule has 7 nitrogen and oxygen atoms in total. The van der Waals surface area contributed by atoms with Crippen molar-refractivity contribution in [1.82, 2.24) is 14.8 Å². The Morgan fingerprint density at radius 2 is 1.63 bits per heavy atom. The number of aromatic nitrogens is 3. The van der Waals surface area contributed by atoms with E-state index in [1.54, 1.807) is 28.9 Å². The molecule has 3 aromatic rings. The van der Waals surface area contributed by atoms with Crippen LogP contribution in [0.25, 0.3) is 17.1 Å². The number of hydrogen-bond acceptors (Lipinski definition) is 7. The van der Waals surface area contributed by atoms with Gasteiger partial charge < -0.3 is 9.47 Å². The average Bonchev–Trinajstić information content (AvgIpc) is 3.17. The van der Waals surface area contributed by atoms with Crippen molar-refractivity contribution >= 4 is 21.6 Å². The molecule has 0 atom stereocenters. The number of hydrogen-bond donors (Lipinski definition) is 0. The molecule has 0 aliphatic rings. The second-order valence-electron chi connectivity index (χ2n) is 6.41. The van der Waals surface area contributed by atoms with Gasteiger partial charge in [0.15, 0.2) is 22.0 Å². The molecule has 0 aliphatic carbocycles. The summed E-state index contributed by atoms with van der Waals surface area (Å²) in [5.74, 6) is 1.19. The van der Waals surface area contributed by atoms with Gasteiger partial charge in [-0.15, -0.1) is 5.10 Å². The topological polar surface area (TPSA) is 83.3 Å². The molecule has 0 unspecified atom stereocenters. The van der Waals surface area contributed by atoms with E-state index in [-0.39, 0.29) is 11.2 Å². The standard InChI is InChI=1S/C21H25N3O4S2/c1-4-27-19(28-5-2)15-29-21-22-20(24(23-21)17-9-7-6-8-10-17)16-11-13-18(14-12-16)30(3,25)26/h6-14,19H,4-5,15H2,1-3H3. The van der Waals surface area contributed by atoms with Gasteiger partial charge in [-0.2, -0.15) is 0 Å². The van der Waals surface area contributed by atoms with Gasteiger partial charge in [-0.3, -0.25) is 0 Å². The summed E-state index contributed by atoms with van der Waals surface area (Å²) in [6.07, 6.45) is 0.863. The fourth-order valence-corrected chi connectivity index (χ4v) is 4.20. The summed E-state index contributed by atoms with van der Waals surface area (Å²) in [6, 6.07) is 16.4. The Bertz CT molecular complexity index is 1050. The third-order valence-electron chi connectivity index (χ3n) is 4.18. The van der Waals surface area contributed by atoms with Crippen LogP contribution in [-0.4, -0.2) is 54.7 Å². The van der Waals surface area contributed by atoms with Crippen LogP contribution >= 0.6 is 11.8 Å². The SMILES string of the molecule is CCOC(CSc1nc(-c2ccc(S(C)(=O)=O)cc2)n(-c2ccccc2)n1)OCC. The highest BCUT2D eigenvalue weighted by Gasteiger charge is 2.17. The minimum Gasteiger partial charge on any atom is -0.352 e. The van der Waals surface area contributed by atoms with Crippen molar-refractivity contribution in [3.8, 4) is 17.1 Å². The van der Waals surface area contributed by atoms with Crippen LogP contribution < -0.4 is 0 Å².